The molecule has 0 spiro atoms. The van der Waals surface area contributed by atoms with E-state index in [1.165, 1.54) is 5.01 Å². The van der Waals surface area contributed by atoms with Crippen molar-refractivity contribution < 1.29 is 14.4 Å². The van der Waals surface area contributed by atoms with Gasteiger partial charge in [0.15, 0.2) is 5.96 Å². The zero-order valence-corrected chi connectivity index (χ0v) is 22.6. The van der Waals surface area contributed by atoms with E-state index in [2.05, 4.69) is 31.3 Å². The summed E-state index contributed by atoms with van der Waals surface area (Å²) in [5.74, 6) is -1.66. The van der Waals surface area contributed by atoms with Crippen molar-refractivity contribution in [3.05, 3.63) is 65.5 Å². The molecule has 14 heteroatoms. The van der Waals surface area contributed by atoms with Crippen molar-refractivity contribution in [2.75, 3.05) is 11.9 Å². The second kappa shape index (κ2) is 12.1. The highest BCUT2D eigenvalue weighted by molar-refractivity contribution is 6.08. The summed E-state index contributed by atoms with van der Waals surface area (Å²) in [6.07, 6.45) is 0.716. The molecule has 0 aliphatic heterocycles. The predicted octanol–water partition coefficient (Wildman–Crippen LogP) is 2.10. The van der Waals surface area contributed by atoms with Crippen molar-refractivity contribution in [2.45, 2.75) is 32.9 Å². The van der Waals surface area contributed by atoms with Crippen LogP contribution in [0.25, 0.3) is 21.8 Å². The molecule has 2 aromatic heterocycles. The Labute approximate surface area is 235 Å². The van der Waals surface area contributed by atoms with E-state index < -0.39 is 6.17 Å². The number of nitrogens with two attached hydrogens (primary N) is 2. The van der Waals surface area contributed by atoms with Gasteiger partial charge < -0.3 is 37.4 Å². The van der Waals surface area contributed by atoms with E-state index in [0.717, 1.165) is 0 Å². The van der Waals surface area contributed by atoms with Gasteiger partial charge in [0.05, 0.1) is 0 Å². The van der Waals surface area contributed by atoms with Gasteiger partial charge in [-0.05, 0) is 61.4 Å². The van der Waals surface area contributed by atoms with Crippen molar-refractivity contribution in [1.29, 1.82) is 10.8 Å². The lowest BCUT2D eigenvalue weighted by molar-refractivity contribution is 0.0703. The summed E-state index contributed by atoms with van der Waals surface area (Å²) >= 11 is 0. The lowest BCUT2D eigenvalue weighted by Crippen LogP contribution is -2.49. The number of aromatic amines is 2. The highest BCUT2D eigenvalue weighted by atomic mass is 16.2. The minimum atomic E-state index is -0.484. The molecule has 2 heterocycles. The fraction of sp³-hybridized carbons (Fsp3) is 0.222. The SMILES string of the molecule is CCCN(NC(=N)N)C(=O)c1cc2cc(NC(=O)c3cc4cc(C(=O)NC(CC)NC(=N)N)ccc4[nH]3)ccc2[nH]1. The monoisotopic (exact) mass is 559 g/mol. The maximum atomic E-state index is 13.0. The van der Waals surface area contributed by atoms with Gasteiger partial charge in [-0.25, -0.2) is 5.01 Å². The zero-order chi connectivity index (χ0) is 29.7. The zero-order valence-electron chi connectivity index (χ0n) is 22.6. The number of rotatable bonds is 9. The Morgan fingerprint density at radius 3 is 2.17 bits per heavy atom. The highest BCUT2D eigenvalue weighted by Gasteiger charge is 2.19. The van der Waals surface area contributed by atoms with E-state index in [4.69, 9.17) is 22.3 Å². The molecular weight excluding hydrogens is 526 g/mol. The average molecular weight is 560 g/mol. The predicted molar refractivity (Wildman–Crippen MR) is 158 cm³/mol. The van der Waals surface area contributed by atoms with Gasteiger partial charge in [0, 0.05) is 39.6 Å². The summed E-state index contributed by atoms with van der Waals surface area (Å²) in [5, 5.41) is 25.8. The molecule has 4 rings (SSSR count). The van der Waals surface area contributed by atoms with E-state index >= 15 is 0 Å². The third-order valence-corrected chi connectivity index (χ3v) is 6.23. The number of carbonyl (C=O) groups excluding carboxylic acids is 3. The number of anilines is 1. The number of carbonyl (C=O) groups is 3. The molecule has 0 bridgehead atoms. The van der Waals surface area contributed by atoms with Crippen LogP contribution in [0.5, 0.6) is 0 Å². The molecule has 14 nitrogen and oxygen atoms in total. The Hall–Kier alpha value is -5.53. The Morgan fingerprint density at radius 2 is 1.51 bits per heavy atom. The molecule has 0 aliphatic rings. The minimum Gasteiger partial charge on any atom is -0.370 e. The quantitative estimate of drug-likeness (QED) is 0.0634. The summed E-state index contributed by atoms with van der Waals surface area (Å²) in [6.45, 7) is 4.12. The van der Waals surface area contributed by atoms with Gasteiger partial charge in [-0.2, -0.15) is 0 Å². The van der Waals surface area contributed by atoms with Crippen LogP contribution in [0.1, 0.15) is 58.0 Å². The number of H-pyrrole nitrogens is 2. The molecule has 2 aromatic carbocycles. The van der Waals surface area contributed by atoms with Crippen LogP contribution >= 0.6 is 0 Å². The van der Waals surface area contributed by atoms with E-state index in [1.807, 2.05) is 13.8 Å². The first-order chi connectivity index (χ1) is 19.6. The fourth-order valence-electron chi connectivity index (χ4n) is 4.31. The van der Waals surface area contributed by atoms with Crippen LogP contribution in [0, 0.1) is 10.8 Å². The standard InChI is InChI=1S/C27H33N11O3/c1-3-9-38(37-27(30)31)25(41)21-13-16-11-17(6-8-19(16)34-21)32-24(40)20-12-15-10-14(5-7-18(15)33-20)23(39)35-22(4-2)36-26(28)29/h5-8,10-13,22,33-34H,3-4,9H2,1-2H3,(H,32,40)(H,35,39)(H4,28,29,36)(H4,30,31,37). The van der Waals surface area contributed by atoms with Gasteiger partial charge >= 0.3 is 0 Å². The van der Waals surface area contributed by atoms with Crippen LogP contribution in [-0.4, -0.2) is 57.3 Å². The Kier molecular flexibility index (Phi) is 8.41. The second-order valence-electron chi connectivity index (χ2n) is 9.40. The van der Waals surface area contributed by atoms with Crippen molar-refractivity contribution in [3.8, 4) is 0 Å². The molecule has 1 unspecified atom stereocenters. The summed E-state index contributed by atoms with van der Waals surface area (Å²) < 4.78 is 0. The smallest absolute Gasteiger partial charge is 0.288 e. The highest BCUT2D eigenvalue weighted by Crippen LogP contribution is 2.23. The molecule has 1 atom stereocenters. The second-order valence-corrected chi connectivity index (χ2v) is 9.40. The number of hydrazine groups is 1. The third-order valence-electron chi connectivity index (χ3n) is 6.23. The number of hydrogen-bond acceptors (Lipinski definition) is 5. The van der Waals surface area contributed by atoms with Crippen LogP contribution in [0.4, 0.5) is 5.69 Å². The van der Waals surface area contributed by atoms with Crippen molar-refractivity contribution in [3.63, 3.8) is 0 Å². The van der Waals surface area contributed by atoms with Crippen LogP contribution < -0.4 is 32.8 Å². The van der Waals surface area contributed by atoms with Crippen LogP contribution in [-0.2, 0) is 0 Å². The van der Waals surface area contributed by atoms with Gasteiger partial charge in [0.2, 0.25) is 5.96 Å². The van der Waals surface area contributed by atoms with E-state index in [-0.39, 0.29) is 29.6 Å². The number of guanidine groups is 2. The maximum Gasteiger partial charge on any atom is 0.288 e. The molecular formula is C27H33N11O3. The first-order valence-electron chi connectivity index (χ1n) is 13.0. The van der Waals surface area contributed by atoms with Crippen molar-refractivity contribution in [1.82, 2.24) is 31.0 Å². The lowest BCUT2D eigenvalue weighted by Gasteiger charge is -2.21. The van der Waals surface area contributed by atoms with Crippen molar-refractivity contribution >= 4 is 57.1 Å². The number of fused-ring (bicyclic) bond motifs is 2. The van der Waals surface area contributed by atoms with Gasteiger partial charge in [-0.3, -0.25) is 30.6 Å². The van der Waals surface area contributed by atoms with Gasteiger partial charge in [-0.15, -0.1) is 0 Å². The first kappa shape index (κ1) is 28.5. The van der Waals surface area contributed by atoms with Gasteiger partial charge in [-0.1, -0.05) is 13.8 Å². The number of hydrogen-bond donors (Lipinski definition) is 10. The number of aromatic nitrogens is 2. The average Bonchev–Trinajstić information content (AvgIpc) is 3.55. The minimum absolute atomic E-state index is 0.237. The number of benzene rings is 2. The number of nitrogens with one attached hydrogen (secondary N) is 8. The van der Waals surface area contributed by atoms with E-state index in [9.17, 15) is 14.4 Å². The number of amides is 3. The molecule has 41 heavy (non-hydrogen) atoms. The molecule has 0 aliphatic carbocycles. The van der Waals surface area contributed by atoms with Crippen molar-refractivity contribution in [2.24, 2.45) is 11.5 Å². The molecule has 0 fully saturated rings. The van der Waals surface area contributed by atoms with Crippen LogP contribution in [0.2, 0.25) is 0 Å². The summed E-state index contributed by atoms with van der Waals surface area (Å²) in [4.78, 5) is 44.8. The van der Waals surface area contributed by atoms with Crippen LogP contribution in [0.15, 0.2) is 48.5 Å². The summed E-state index contributed by atoms with van der Waals surface area (Å²) in [7, 11) is 0. The van der Waals surface area contributed by atoms with Gasteiger partial charge in [0.1, 0.15) is 17.6 Å². The number of nitrogens with zero attached hydrogens (tertiary/aromatic N) is 1. The molecule has 12 N–H and O–H groups in total. The molecule has 214 valence electrons. The molecule has 3 amide bonds. The third kappa shape index (κ3) is 6.73. The van der Waals surface area contributed by atoms with Crippen LogP contribution in [0.3, 0.4) is 0 Å². The molecule has 0 saturated heterocycles. The largest absolute Gasteiger partial charge is 0.370 e. The van der Waals surface area contributed by atoms with E-state index in [0.29, 0.717) is 63.8 Å². The topological polar surface area (TPSA) is 234 Å². The Morgan fingerprint density at radius 1 is 0.854 bits per heavy atom. The fourth-order valence-corrected chi connectivity index (χ4v) is 4.31. The normalized spacial score (nSPS) is 11.6. The Balaban J connectivity index is 1.48. The molecule has 0 saturated carbocycles. The Bertz CT molecular complexity index is 1640. The summed E-state index contributed by atoms with van der Waals surface area (Å²) in [5.41, 5.74) is 16.2. The molecule has 4 aromatic rings. The summed E-state index contributed by atoms with van der Waals surface area (Å²) in [6, 6.07) is 13.6. The van der Waals surface area contributed by atoms with Gasteiger partial charge in [0.25, 0.3) is 17.7 Å². The van der Waals surface area contributed by atoms with E-state index in [1.54, 1.807) is 48.5 Å². The first-order valence-corrected chi connectivity index (χ1v) is 13.0. The maximum absolute atomic E-state index is 13.0. The lowest BCUT2D eigenvalue weighted by atomic mass is 10.1. The molecule has 0 radical (unpaired) electrons.